The highest BCUT2D eigenvalue weighted by Gasteiger charge is 2.07. The van der Waals surface area contributed by atoms with Gasteiger partial charge < -0.3 is 10.4 Å². The van der Waals surface area contributed by atoms with Crippen molar-refractivity contribution in [1.82, 2.24) is 5.32 Å². The third kappa shape index (κ3) is 4.36. The third-order valence-electron chi connectivity index (χ3n) is 2.78. The molecule has 4 N–H and O–H groups in total. The molecule has 0 atom stereocenters. The number of primary sulfonamides is 1. The Labute approximate surface area is 126 Å². The highest BCUT2D eigenvalue weighted by molar-refractivity contribution is 7.89. The van der Waals surface area contributed by atoms with E-state index in [-0.39, 0.29) is 10.5 Å². The molecule has 1 aromatic carbocycles. The molecule has 0 amide bonds. The number of carbonyl (C=O) groups is 1. The molecular formula is C13H14N2O4S2. The van der Waals surface area contributed by atoms with Gasteiger partial charge in [-0.3, -0.25) is 0 Å². The minimum Gasteiger partial charge on any atom is -0.478 e. The number of thiophene rings is 1. The molecule has 0 aliphatic heterocycles. The number of rotatable bonds is 6. The lowest BCUT2D eigenvalue weighted by molar-refractivity contribution is 0.0697. The Morgan fingerprint density at radius 1 is 1.24 bits per heavy atom. The molecule has 8 heteroatoms. The van der Waals surface area contributed by atoms with Crippen LogP contribution in [0.25, 0.3) is 0 Å². The van der Waals surface area contributed by atoms with Crippen molar-refractivity contribution >= 4 is 27.3 Å². The van der Waals surface area contributed by atoms with Gasteiger partial charge in [0.15, 0.2) is 0 Å². The Morgan fingerprint density at radius 3 is 2.43 bits per heavy atom. The van der Waals surface area contributed by atoms with E-state index in [1.165, 1.54) is 23.5 Å². The third-order valence-corrected chi connectivity index (χ3v) is 4.65. The first-order valence-corrected chi connectivity index (χ1v) is 8.42. The molecule has 0 fully saturated rings. The van der Waals surface area contributed by atoms with E-state index in [9.17, 15) is 13.2 Å². The minimum atomic E-state index is -3.66. The van der Waals surface area contributed by atoms with Crippen molar-refractivity contribution in [2.45, 2.75) is 18.0 Å². The van der Waals surface area contributed by atoms with Gasteiger partial charge in [0, 0.05) is 23.3 Å². The van der Waals surface area contributed by atoms with E-state index in [0.29, 0.717) is 13.1 Å². The molecule has 0 aliphatic rings. The topological polar surface area (TPSA) is 109 Å². The van der Waals surface area contributed by atoms with Gasteiger partial charge in [0.1, 0.15) is 0 Å². The largest absolute Gasteiger partial charge is 0.478 e. The first kappa shape index (κ1) is 15.6. The van der Waals surface area contributed by atoms with Gasteiger partial charge in [-0.25, -0.2) is 18.4 Å². The number of hydrogen-bond donors (Lipinski definition) is 3. The van der Waals surface area contributed by atoms with E-state index in [4.69, 9.17) is 10.2 Å². The SMILES string of the molecule is NS(=O)(=O)c1ccc(CNCc2cc(C(=O)O)cs2)cc1. The van der Waals surface area contributed by atoms with E-state index < -0.39 is 16.0 Å². The number of hydrogen-bond acceptors (Lipinski definition) is 5. The molecule has 112 valence electrons. The highest BCUT2D eigenvalue weighted by Crippen LogP contribution is 2.15. The van der Waals surface area contributed by atoms with Crippen LogP contribution in [0, 0.1) is 0 Å². The molecule has 2 aromatic rings. The van der Waals surface area contributed by atoms with Crippen LogP contribution >= 0.6 is 11.3 Å². The highest BCUT2D eigenvalue weighted by atomic mass is 32.2. The summed E-state index contributed by atoms with van der Waals surface area (Å²) in [5.41, 5.74) is 1.20. The molecule has 21 heavy (non-hydrogen) atoms. The van der Waals surface area contributed by atoms with Crippen LogP contribution < -0.4 is 10.5 Å². The lowest BCUT2D eigenvalue weighted by Gasteiger charge is -2.04. The molecule has 1 aromatic heterocycles. The summed E-state index contributed by atoms with van der Waals surface area (Å²) in [7, 11) is -3.66. The molecule has 0 spiro atoms. The number of sulfonamides is 1. The van der Waals surface area contributed by atoms with Crippen LogP contribution in [0.1, 0.15) is 20.8 Å². The fourth-order valence-corrected chi connectivity index (χ4v) is 3.06. The zero-order valence-corrected chi connectivity index (χ0v) is 12.6. The van der Waals surface area contributed by atoms with E-state index >= 15 is 0 Å². The predicted molar refractivity (Wildman–Crippen MR) is 79.6 cm³/mol. The molecule has 1 heterocycles. The molecule has 0 unspecified atom stereocenters. The van der Waals surface area contributed by atoms with E-state index in [1.54, 1.807) is 23.6 Å². The number of carboxylic acids is 1. The van der Waals surface area contributed by atoms with Gasteiger partial charge in [-0.2, -0.15) is 0 Å². The van der Waals surface area contributed by atoms with Crippen molar-refractivity contribution in [3.05, 3.63) is 51.7 Å². The maximum absolute atomic E-state index is 11.1. The summed E-state index contributed by atoms with van der Waals surface area (Å²) >= 11 is 1.38. The quantitative estimate of drug-likeness (QED) is 0.743. The summed E-state index contributed by atoms with van der Waals surface area (Å²) in [6.45, 7) is 1.10. The second-order valence-electron chi connectivity index (χ2n) is 4.40. The average Bonchev–Trinajstić information content (AvgIpc) is 2.87. The maximum Gasteiger partial charge on any atom is 0.336 e. The first-order chi connectivity index (χ1) is 9.86. The van der Waals surface area contributed by atoms with E-state index in [1.807, 2.05) is 0 Å². The normalized spacial score (nSPS) is 11.5. The van der Waals surface area contributed by atoms with Gasteiger partial charge in [-0.15, -0.1) is 11.3 Å². The first-order valence-electron chi connectivity index (χ1n) is 5.99. The van der Waals surface area contributed by atoms with Gasteiger partial charge >= 0.3 is 5.97 Å². The second-order valence-corrected chi connectivity index (χ2v) is 6.96. The number of nitrogens with two attached hydrogens (primary N) is 1. The lowest BCUT2D eigenvalue weighted by Crippen LogP contribution is -2.14. The molecule has 2 rings (SSSR count). The molecule has 0 bridgehead atoms. The van der Waals surface area contributed by atoms with E-state index in [0.717, 1.165) is 10.4 Å². The Balaban J connectivity index is 1.89. The van der Waals surface area contributed by atoms with Gasteiger partial charge in [0.25, 0.3) is 0 Å². The van der Waals surface area contributed by atoms with Crippen molar-refractivity contribution in [2.75, 3.05) is 0 Å². The number of aromatic carboxylic acids is 1. The van der Waals surface area contributed by atoms with Gasteiger partial charge in [-0.1, -0.05) is 12.1 Å². The fraction of sp³-hybridized carbons (Fsp3) is 0.154. The zero-order chi connectivity index (χ0) is 15.5. The average molecular weight is 326 g/mol. The van der Waals surface area contributed by atoms with Gasteiger partial charge in [0.05, 0.1) is 10.5 Å². The van der Waals surface area contributed by atoms with E-state index in [2.05, 4.69) is 5.32 Å². The molecule has 0 aliphatic carbocycles. The van der Waals surface area contributed by atoms with Crippen molar-refractivity contribution in [1.29, 1.82) is 0 Å². The van der Waals surface area contributed by atoms with Crippen molar-refractivity contribution in [3.63, 3.8) is 0 Å². The summed E-state index contributed by atoms with van der Waals surface area (Å²) < 4.78 is 22.2. The fourth-order valence-electron chi connectivity index (χ4n) is 1.71. The zero-order valence-electron chi connectivity index (χ0n) is 10.9. The second kappa shape index (κ2) is 6.35. The van der Waals surface area contributed by atoms with Gasteiger partial charge in [-0.05, 0) is 23.8 Å². The van der Waals surface area contributed by atoms with Gasteiger partial charge in [0.2, 0.25) is 10.0 Å². The summed E-state index contributed by atoms with van der Waals surface area (Å²) in [4.78, 5) is 11.8. The monoisotopic (exact) mass is 326 g/mol. The van der Waals surface area contributed by atoms with Crippen molar-refractivity contribution in [2.24, 2.45) is 5.14 Å². The van der Waals surface area contributed by atoms with Crippen LogP contribution in [-0.4, -0.2) is 19.5 Å². The smallest absolute Gasteiger partial charge is 0.336 e. The summed E-state index contributed by atoms with van der Waals surface area (Å²) in [6, 6.07) is 7.91. The molecule has 0 saturated carbocycles. The maximum atomic E-state index is 11.1. The molecule has 0 saturated heterocycles. The summed E-state index contributed by atoms with van der Waals surface area (Å²) in [5.74, 6) is -0.934. The van der Waals surface area contributed by atoms with Crippen LogP contribution in [0.4, 0.5) is 0 Å². The summed E-state index contributed by atoms with van der Waals surface area (Å²) in [6.07, 6.45) is 0. The van der Waals surface area contributed by atoms with Crippen LogP contribution in [0.5, 0.6) is 0 Å². The van der Waals surface area contributed by atoms with Crippen LogP contribution in [-0.2, 0) is 23.1 Å². The number of nitrogens with one attached hydrogen (secondary N) is 1. The lowest BCUT2D eigenvalue weighted by atomic mass is 10.2. The van der Waals surface area contributed by atoms with Crippen molar-refractivity contribution < 1.29 is 18.3 Å². The Kier molecular flexibility index (Phi) is 4.73. The Morgan fingerprint density at radius 2 is 1.90 bits per heavy atom. The number of benzene rings is 1. The molecule has 0 radical (unpaired) electrons. The molecular weight excluding hydrogens is 312 g/mol. The summed E-state index contributed by atoms with van der Waals surface area (Å²) in [5, 5.41) is 18.6. The van der Waals surface area contributed by atoms with Crippen LogP contribution in [0.15, 0.2) is 40.6 Å². The van der Waals surface area contributed by atoms with Crippen LogP contribution in [0.2, 0.25) is 0 Å². The Bertz CT molecular complexity index is 736. The number of carboxylic acid groups (broad SMARTS) is 1. The minimum absolute atomic E-state index is 0.0793. The standard InChI is InChI=1S/C13H14N2O4S2/c14-21(18,19)12-3-1-9(2-4-12)6-15-7-11-5-10(8-20-11)13(16)17/h1-5,8,15H,6-7H2,(H,16,17)(H2,14,18,19). The van der Waals surface area contributed by atoms with Crippen molar-refractivity contribution in [3.8, 4) is 0 Å². The predicted octanol–water partition coefficient (Wildman–Crippen LogP) is 1.38. The molecule has 6 nitrogen and oxygen atoms in total. The van der Waals surface area contributed by atoms with Crippen LogP contribution in [0.3, 0.4) is 0 Å². The Hall–Kier alpha value is -1.74.